The van der Waals surface area contributed by atoms with Crippen LogP contribution >= 0.6 is 0 Å². The van der Waals surface area contributed by atoms with Gasteiger partial charge in [0.1, 0.15) is 0 Å². The molecule has 21 heavy (non-hydrogen) atoms. The van der Waals surface area contributed by atoms with Gasteiger partial charge in [0.2, 0.25) is 5.91 Å². The largest absolute Gasteiger partial charge is 0.338 e. The lowest BCUT2D eigenvalue weighted by Crippen LogP contribution is -2.37. The van der Waals surface area contributed by atoms with Crippen LogP contribution in [-0.4, -0.2) is 17.4 Å². The van der Waals surface area contributed by atoms with E-state index < -0.39 is 0 Å². The van der Waals surface area contributed by atoms with Gasteiger partial charge >= 0.3 is 0 Å². The fraction of sp³-hybridized carbons (Fsp3) is 0.316. The van der Waals surface area contributed by atoms with Crippen LogP contribution in [0.1, 0.15) is 27.8 Å². The third-order valence-corrected chi connectivity index (χ3v) is 4.32. The molecule has 0 saturated carbocycles. The molecular formula is C19H21NO. The molecule has 0 unspecified atom stereocenters. The lowest BCUT2D eigenvalue weighted by molar-refractivity contribution is -0.131. The molecule has 1 heterocycles. The van der Waals surface area contributed by atoms with Gasteiger partial charge in [0.05, 0.1) is 6.42 Å². The number of nitrogens with zero attached hydrogens (tertiary/aromatic N) is 1. The van der Waals surface area contributed by atoms with E-state index in [9.17, 15) is 4.79 Å². The summed E-state index contributed by atoms with van der Waals surface area (Å²) in [6, 6.07) is 14.7. The van der Waals surface area contributed by atoms with Crippen LogP contribution in [0.15, 0.2) is 42.5 Å². The topological polar surface area (TPSA) is 20.3 Å². The van der Waals surface area contributed by atoms with Crippen molar-refractivity contribution in [1.82, 2.24) is 4.90 Å². The second-order valence-corrected chi connectivity index (χ2v) is 5.94. The zero-order valence-corrected chi connectivity index (χ0v) is 12.7. The zero-order chi connectivity index (χ0) is 14.8. The van der Waals surface area contributed by atoms with Crippen LogP contribution < -0.4 is 0 Å². The lowest BCUT2D eigenvalue weighted by Gasteiger charge is -2.29. The summed E-state index contributed by atoms with van der Waals surface area (Å²) in [4.78, 5) is 14.5. The maximum absolute atomic E-state index is 12.5. The predicted octanol–water partition coefficient (Wildman–Crippen LogP) is 3.43. The van der Waals surface area contributed by atoms with Gasteiger partial charge in [0, 0.05) is 13.1 Å². The van der Waals surface area contributed by atoms with E-state index in [0.717, 1.165) is 25.1 Å². The number of benzene rings is 2. The molecule has 2 nitrogen and oxygen atoms in total. The minimum absolute atomic E-state index is 0.233. The number of hydrogen-bond donors (Lipinski definition) is 0. The van der Waals surface area contributed by atoms with E-state index in [-0.39, 0.29) is 5.91 Å². The van der Waals surface area contributed by atoms with E-state index in [4.69, 9.17) is 0 Å². The highest BCUT2D eigenvalue weighted by molar-refractivity contribution is 5.79. The maximum atomic E-state index is 12.5. The van der Waals surface area contributed by atoms with Crippen LogP contribution in [0.4, 0.5) is 0 Å². The van der Waals surface area contributed by atoms with Gasteiger partial charge in [-0.2, -0.15) is 0 Å². The molecule has 0 fully saturated rings. The molecule has 0 spiro atoms. The van der Waals surface area contributed by atoms with E-state index >= 15 is 0 Å². The van der Waals surface area contributed by atoms with Crippen molar-refractivity contribution in [2.75, 3.05) is 6.54 Å². The summed E-state index contributed by atoms with van der Waals surface area (Å²) in [5.74, 6) is 0.233. The van der Waals surface area contributed by atoms with Crippen LogP contribution in [0.5, 0.6) is 0 Å². The second-order valence-electron chi connectivity index (χ2n) is 5.94. The van der Waals surface area contributed by atoms with Gasteiger partial charge in [-0.25, -0.2) is 0 Å². The molecule has 0 saturated heterocycles. The van der Waals surface area contributed by atoms with E-state index in [2.05, 4.69) is 56.3 Å². The van der Waals surface area contributed by atoms with Crippen molar-refractivity contribution in [3.05, 3.63) is 70.3 Å². The smallest absolute Gasteiger partial charge is 0.227 e. The molecular weight excluding hydrogens is 258 g/mol. The van der Waals surface area contributed by atoms with Gasteiger partial charge < -0.3 is 4.90 Å². The zero-order valence-electron chi connectivity index (χ0n) is 12.7. The fourth-order valence-electron chi connectivity index (χ4n) is 3.03. The molecule has 0 radical (unpaired) electrons. The lowest BCUT2D eigenvalue weighted by atomic mass is 9.98. The van der Waals surface area contributed by atoms with Crippen molar-refractivity contribution in [2.45, 2.75) is 33.2 Å². The molecule has 2 aromatic rings. The Balaban J connectivity index is 1.72. The van der Waals surface area contributed by atoms with Gasteiger partial charge in [-0.3, -0.25) is 4.79 Å². The molecule has 0 aliphatic carbocycles. The molecule has 1 amide bonds. The summed E-state index contributed by atoms with van der Waals surface area (Å²) < 4.78 is 0. The standard InChI is InChI=1S/C19H21NO/c1-14-7-8-17(15(2)11-14)12-19(21)20-10-9-16-5-3-4-6-18(16)13-20/h3-8,11H,9-10,12-13H2,1-2H3. The summed E-state index contributed by atoms with van der Waals surface area (Å²) >= 11 is 0. The highest BCUT2D eigenvalue weighted by Crippen LogP contribution is 2.20. The minimum Gasteiger partial charge on any atom is -0.338 e. The van der Waals surface area contributed by atoms with Gasteiger partial charge in [0.25, 0.3) is 0 Å². The van der Waals surface area contributed by atoms with Crippen molar-refractivity contribution < 1.29 is 4.79 Å². The van der Waals surface area contributed by atoms with Crippen molar-refractivity contribution in [1.29, 1.82) is 0 Å². The molecule has 0 aromatic heterocycles. The first-order chi connectivity index (χ1) is 10.1. The molecule has 0 bridgehead atoms. The normalized spacial score (nSPS) is 13.9. The molecule has 3 rings (SSSR count). The number of rotatable bonds is 2. The van der Waals surface area contributed by atoms with Crippen LogP contribution in [0.25, 0.3) is 0 Å². The summed E-state index contributed by atoms with van der Waals surface area (Å²) in [7, 11) is 0. The van der Waals surface area contributed by atoms with Crippen molar-refractivity contribution in [2.24, 2.45) is 0 Å². The maximum Gasteiger partial charge on any atom is 0.227 e. The predicted molar refractivity (Wildman–Crippen MR) is 85.2 cm³/mol. The van der Waals surface area contributed by atoms with Gasteiger partial charge in [0.15, 0.2) is 0 Å². The van der Waals surface area contributed by atoms with Crippen molar-refractivity contribution in [3.8, 4) is 0 Å². The summed E-state index contributed by atoms with van der Waals surface area (Å²) in [6.45, 7) is 5.75. The first-order valence-electron chi connectivity index (χ1n) is 7.54. The van der Waals surface area contributed by atoms with E-state index in [1.54, 1.807) is 0 Å². The van der Waals surface area contributed by atoms with Crippen molar-refractivity contribution >= 4 is 5.91 Å². The average molecular weight is 279 g/mol. The molecule has 1 aliphatic rings. The Bertz CT molecular complexity index is 675. The summed E-state index contributed by atoms with van der Waals surface area (Å²) in [6.07, 6.45) is 1.48. The minimum atomic E-state index is 0.233. The molecule has 108 valence electrons. The van der Waals surface area contributed by atoms with Crippen LogP contribution in [0.3, 0.4) is 0 Å². The van der Waals surface area contributed by atoms with Gasteiger partial charge in [-0.05, 0) is 42.5 Å². The molecule has 0 atom stereocenters. The number of aryl methyl sites for hydroxylation is 2. The third kappa shape index (κ3) is 2.99. The Morgan fingerprint density at radius 2 is 1.86 bits per heavy atom. The monoisotopic (exact) mass is 279 g/mol. The Morgan fingerprint density at radius 3 is 2.62 bits per heavy atom. The van der Waals surface area contributed by atoms with Gasteiger partial charge in [-0.1, -0.05) is 48.0 Å². The highest BCUT2D eigenvalue weighted by atomic mass is 16.2. The number of hydrogen-bond acceptors (Lipinski definition) is 1. The average Bonchev–Trinajstić information content (AvgIpc) is 2.49. The Labute approximate surface area is 126 Å². The van der Waals surface area contributed by atoms with Crippen LogP contribution in [-0.2, 0) is 24.2 Å². The molecule has 0 N–H and O–H groups in total. The molecule has 1 aliphatic heterocycles. The number of fused-ring (bicyclic) bond motifs is 1. The summed E-state index contributed by atoms with van der Waals surface area (Å²) in [5, 5.41) is 0. The molecule has 2 aromatic carbocycles. The van der Waals surface area contributed by atoms with E-state index in [0.29, 0.717) is 6.42 Å². The highest BCUT2D eigenvalue weighted by Gasteiger charge is 2.20. The SMILES string of the molecule is Cc1ccc(CC(=O)N2CCc3ccccc3C2)c(C)c1. The quantitative estimate of drug-likeness (QED) is 0.824. The van der Waals surface area contributed by atoms with E-state index in [1.165, 1.54) is 22.3 Å². The van der Waals surface area contributed by atoms with Crippen LogP contribution in [0, 0.1) is 13.8 Å². The Kier molecular flexibility index (Phi) is 3.78. The number of carbonyl (C=O) groups is 1. The second kappa shape index (κ2) is 5.72. The summed E-state index contributed by atoms with van der Waals surface area (Å²) in [5.41, 5.74) is 6.27. The first-order valence-corrected chi connectivity index (χ1v) is 7.54. The number of carbonyl (C=O) groups excluding carboxylic acids is 1. The van der Waals surface area contributed by atoms with Crippen LogP contribution in [0.2, 0.25) is 0 Å². The number of amides is 1. The first kappa shape index (κ1) is 13.9. The van der Waals surface area contributed by atoms with E-state index in [1.807, 2.05) is 4.90 Å². The van der Waals surface area contributed by atoms with Gasteiger partial charge in [-0.15, -0.1) is 0 Å². The fourth-order valence-corrected chi connectivity index (χ4v) is 3.03. The Hall–Kier alpha value is -2.09. The molecule has 2 heteroatoms. The Morgan fingerprint density at radius 1 is 1.10 bits per heavy atom. The van der Waals surface area contributed by atoms with Crippen molar-refractivity contribution in [3.63, 3.8) is 0 Å². The third-order valence-electron chi connectivity index (χ3n) is 4.32.